The van der Waals surface area contributed by atoms with Crippen molar-refractivity contribution in [1.82, 2.24) is 4.98 Å². The van der Waals surface area contributed by atoms with Gasteiger partial charge in [-0.2, -0.15) is 0 Å². The van der Waals surface area contributed by atoms with Crippen LogP contribution in [0.1, 0.15) is 25.5 Å². The Hall–Kier alpha value is -2.37. The fourth-order valence-corrected chi connectivity index (χ4v) is 2.01. The van der Waals surface area contributed by atoms with Crippen LogP contribution in [0.2, 0.25) is 0 Å². The van der Waals surface area contributed by atoms with E-state index in [0.29, 0.717) is 36.5 Å². The van der Waals surface area contributed by atoms with Gasteiger partial charge >= 0.3 is 11.7 Å². The molecule has 1 heterocycles. The number of benzene rings is 1. The number of ether oxygens (including phenoxy) is 1. The van der Waals surface area contributed by atoms with E-state index in [9.17, 15) is 14.0 Å². The average molecular weight is 293 g/mol. The first kappa shape index (κ1) is 15.0. The van der Waals surface area contributed by atoms with Crippen LogP contribution >= 0.6 is 0 Å². The molecule has 0 aliphatic rings. The summed E-state index contributed by atoms with van der Waals surface area (Å²) in [5, 5.41) is 0. The normalized spacial score (nSPS) is 10.6. The van der Waals surface area contributed by atoms with Gasteiger partial charge < -0.3 is 9.15 Å². The predicted octanol–water partition coefficient (Wildman–Crippen LogP) is 2.66. The second-order valence-corrected chi connectivity index (χ2v) is 4.48. The number of hydrogen-bond acceptors (Lipinski definition) is 4. The molecule has 1 N–H and O–H groups in total. The molecule has 1 aromatic heterocycles. The smallest absolute Gasteiger partial charge is 0.416 e. The third-order valence-electron chi connectivity index (χ3n) is 2.94. The van der Waals surface area contributed by atoms with Crippen LogP contribution in [0.25, 0.3) is 11.3 Å². The summed E-state index contributed by atoms with van der Waals surface area (Å²) in [6.07, 6.45) is 1.18. The SMILES string of the molecule is CCOC(=O)CCCc1oc(=O)[nH]c1-c1ccc(F)cc1. The molecule has 2 aromatic rings. The number of esters is 1. The van der Waals surface area contributed by atoms with Gasteiger partial charge in [0.2, 0.25) is 0 Å². The molecule has 2 rings (SSSR count). The van der Waals surface area contributed by atoms with E-state index < -0.39 is 5.76 Å². The van der Waals surface area contributed by atoms with Gasteiger partial charge in [-0.05, 0) is 37.6 Å². The molecule has 0 aliphatic carbocycles. The number of oxazole rings is 1. The van der Waals surface area contributed by atoms with Crippen molar-refractivity contribution in [2.75, 3.05) is 6.61 Å². The van der Waals surface area contributed by atoms with Gasteiger partial charge in [-0.15, -0.1) is 0 Å². The third-order valence-corrected chi connectivity index (χ3v) is 2.94. The Bertz CT molecular complexity index is 657. The molecular weight excluding hydrogens is 277 g/mol. The molecule has 0 amide bonds. The van der Waals surface area contributed by atoms with Crippen LogP contribution in [0.15, 0.2) is 33.5 Å². The van der Waals surface area contributed by atoms with Gasteiger partial charge in [0.05, 0.1) is 12.3 Å². The first-order chi connectivity index (χ1) is 10.1. The predicted molar refractivity (Wildman–Crippen MR) is 74.3 cm³/mol. The highest BCUT2D eigenvalue weighted by Crippen LogP contribution is 2.22. The number of carbonyl (C=O) groups is 1. The molecule has 6 heteroatoms. The lowest BCUT2D eigenvalue weighted by Gasteiger charge is -2.03. The zero-order valence-electron chi connectivity index (χ0n) is 11.6. The lowest BCUT2D eigenvalue weighted by Crippen LogP contribution is -2.04. The van der Waals surface area contributed by atoms with Crippen molar-refractivity contribution in [1.29, 1.82) is 0 Å². The standard InChI is InChI=1S/C15H16FNO4/c1-2-20-13(18)5-3-4-12-14(17-15(19)21-12)10-6-8-11(16)9-7-10/h6-9H,2-5H2,1H3,(H,17,19). The van der Waals surface area contributed by atoms with Gasteiger partial charge in [0.25, 0.3) is 0 Å². The van der Waals surface area contributed by atoms with E-state index in [0.717, 1.165) is 0 Å². The number of hydrogen-bond donors (Lipinski definition) is 1. The van der Waals surface area contributed by atoms with Crippen LogP contribution < -0.4 is 5.76 Å². The van der Waals surface area contributed by atoms with Crippen molar-refractivity contribution >= 4 is 5.97 Å². The maximum Gasteiger partial charge on any atom is 0.416 e. The van der Waals surface area contributed by atoms with Gasteiger partial charge in [0.1, 0.15) is 11.6 Å². The van der Waals surface area contributed by atoms with Crippen molar-refractivity contribution in [3.63, 3.8) is 0 Å². The first-order valence-electron chi connectivity index (χ1n) is 6.73. The van der Waals surface area contributed by atoms with Gasteiger partial charge in [-0.1, -0.05) is 0 Å². The van der Waals surface area contributed by atoms with E-state index in [4.69, 9.17) is 9.15 Å². The van der Waals surface area contributed by atoms with Crippen molar-refractivity contribution < 1.29 is 18.3 Å². The second kappa shape index (κ2) is 6.88. The zero-order chi connectivity index (χ0) is 15.2. The number of H-pyrrole nitrogens is 1. The van der Waals surface area contributed by atoms with E-state index in [1.807, 2.05) is 0 Å². The molecule has 0 fully saturated rings. The van der Waals surface area contributed by atoms with Gasteiger partial charge in [-0.25, -0.2) is 9.18 Å². The summed E-state index contributed by atoms with van der Waals surface area (Å²) in [6, 6.07) is 5.74. The number of rotatable bonds is 6. The highest BCUT2D eigenvalue weighted by Gasteiger charge is 2.13. The molecule has 0 spiro atoms. The quantitative estimate of drug-likeness (QED) is 0.831. The van der Waals surface area contributed by atoms with E-state index in [-0.39, 0.29) is 18.2 Å². The summed E-state index contributed by atoms with van der Waals surface area (Å²) in [5.41, 5.74) is 1.18. The fraction of sp³-hybridized carbons (Fsp3) is 0.333. The van der Waals surface area contributed by atoms with Crippen LogP contribution in [0.4, 0.5) is 4.39 Å². The minimum atomic E-state index is -0.569. The van der Waals surface area contributed by atoms with Crippen molar-refractivity contribution in [3.05, 3.63) is 46.4 Å². The minimum Gasteiger partial charge on any atom is -0.466 e. The fourth-order valence-electron chi connectivity index (χ4n) is 2.01. The number of aromatic amines is 1. The molecule has 1 aromatic carbocycles. The Morgan fingerprint density at radius 3 is 2.71 bits per heavy atom. The maximum absolute atomic E-state index is 12.9. The van der Waals surface area contributed by atoms with Crippen LogP contribution in [0.5, 0.6) is 0 Å². The summed E-state index contributed by atoms with van der Waals surface area (Å²) in [6.45, 7) is 2.09. The molecule has 0 bridgehead atoms. The number of nitrogens with one attached hydrogen (secondary N) is 1. The molecule has 21 heavy (non-hydrogen) atoms. The lowest BCUT2D eigenvalue weighted by atomic mass is 10.1. The first-order valence-corrected chi connectivity index (χ1v) is 6.73. The van der Waals surface area contributed by atoms with Crippen LogP contribution in [-0.4, -0.2) is 17.6 Å². The maximum atomic E-state index is 12.9. The van der Waals surface area contributed by atoms with Crippen molar-refractivity contribution in [2.24, 2.45) is 0 Å². The van der Waals surface area contributed by atoms with Gasteiger partial charge in [0.15, 0.2) is 0 Å². The Morgan fingerprint density at radius 2 is 2.05 bits per heavy atom. The third kappa shape index (κ3) is 4.05. The molecule has 0 atom stereocenters. The highest BCUT2D eigenvalue weighted by molar-refractivity contribution is 5.69. The molecule has 112 valence electrons. The van der Waals surface area contributed by atoms with E-state index in [2.05, 4.69) is 4.98 Å². The van der Waals surface area contributed by atoms with Crippen molar-refractivity contribution in [3.8, 4) is 11.3 Å². The summed E-state index contributed by atoms with van der Waals surface area (Å²) < 4.78 is 22.8. The topological polar surface area (TPSA) is 72.3 Å². The van der Waals surface area contributed by atoms with E-state index in [1.165, 1.54) is 12.1 Å². The molecule has 0 aliphatic heterocycles. The number of halogens is 1. The average Bonchev–Trinajstić information content (AvgIpc) is 2.81. The largest absolute Gasteiger partial charge is 0.466 e. The van der Waals surface area contributed by atoms with Crippen LogP contribution in [0, 0.1) is 5.82 Å². The Balaban J connectivity index is 2.08. The molecule has 5 nitrogen and oxygen atoms in total. The molecule has 0 saturated carbocycles. The van der Waals surface area contributed by atoms with Crippen LogP contribution in [-0.2, 0) is 16.0 Å². The van der Waals surface area contributed by atoms with Gasteiger partial charge in [0, 0.05) is 18.4 Å². The Kier molecular flexibility index (Phi) is 4.92. The summed E-state index contributed by atoms with van der Waals surface area (Å²) in [7, 11) is 0. The molecular formula is C15H16FNO4. The lowest BCUT2D eigenvalue weighted by molar-refractivity contribution is -0.143. The highest BCUT2D eigenvalue weighted by atomic mass is 19.1. The Morgan fingerprint density at radius 1 is 1.33 bits per heavy atom. The second-order valence-electron chi connectivity index (χ2n) is 4.48. The number of carbonyl (C=O) groups excluding carboxylic acids is 1. The van der Waals surface area contributed by atoms with Crippen LogP contribution in [0.3, 0.4) is 0 Å². The van der Waals surface area contributed by atoms with E-state index in [1.54, 1.807) is 19.1 Å². The minimum absolute atomic E-state index is 0.256. The van der Waals surface area contributed by atoms with E-state index >= 15 is 0 Å². The van der Waals surface area contributed by atoms with Gasteiger partial charge in [-0.3, -0.25) is 9.78 Å². The summed E-state index contributed by atoms with van der Waals surface area (Å²) in [4.78, 5) is 25.2. The zero-order valence-corrected chi connectivity index (χ0v) is 11.6. The van der Waals surface area contributed by atoms with Crippen molar-refractivity contribution in [2.45, 2.75) is 26.2 Å². The molecule has 0 unspecified atom stereocenters. The number of aryl methyl sites for hydroxylation is 1. The molecule has 0 radical (unpaired) electrons. The Labute approximate surface area is 120 Å². The summed E-state index contributed by atoms with van der Waals surface area (Å²) >= 11 is 0. The molecule has 0 saturated heterocycles. The summed E-state index contributed by atoms with van der Waals surface area (Å²) in [5.74, 6) is -0.747. The monoisotopic (exact) mass is 293 g/mol. The number of aromatic nitrogens is 1.